The van der Waals surface area contributed by atoms with Crippen molar-refractivity contribution in [3.63, 3.8) is 0 Å². The molecule has 3 nitrogen and oxygen atoms in total. The monoisotopic (exact) mass is 226 g/mol. The quantitative estimate of drug-likeness (QED) is 0.854. The molecule has 15 heavy (non-hydrogen) atoms. The maximum Gasteiger partial charge on any atom is 0.119 e. The van der Waals surface area contributed by atoms with E-state index in [2.05, 4.69) is 24.2 Å². The maximum absolute atomic E-state index is 5.75. The van der Waals surface area contributed by atoms with E-state index in [9.17, 15) is 0 Å². The first kappa shape index (κ1) is 11.0. The predicted octanol–water partition coefficient (Wildman–Crippen LogP) is 1.99. The summed E-state index contributed by atoms with van der Waals surface area (Å²) in [5, 5.41) is 3.21. The van der Waals surface area contributed by atoms with Crippen LogP contribution >= 0.6 is 11.3 Å². The average Bonchev–Trinajstić information content (AvgIpc) is 2.57. The van der Waals surface area contributed by atoms with Crippen LogP contribution in [-0.2, 0) is 11.3 Å². The summed E-state index contributed by atoms with van der Waals surface area (Å²) >= 11 is 1.68. The summed E-state index contributed by atoms with van der Waals surface area (Å²) in [7, 11) is 1.70. The van der Waals surface area contributed by atoms with Gasteiger partial charge in [-0.2, -0.15) is 0 Å². The number of hydrogen-bond acceptors (Lipinski definition) is 4. The molecule has 84 valence electrons. The van der Waals surface area contributed by atoms with Crippen LogP contribution in [0.15, 0.2) is 5.38 Å². The fraction of sp³-hybridized carbons (Fsp3) is 0.727. The Bertz CT molecular complexity index is 348. The highest BCUT2D eigenvalue weighted by molar-refractivity contribution is 7.09. The van der Waals surface area contributed by atoms with E-state index in [4.69, 9.17) is 10.5 Å². The molecule has 0 aromatic carbocycles. The second kappa shape index (κ2) is 3.85. The molecule has 1 aromatic rings. The molecule has 0 amide bonds. The first-order chi connectivity index (χ1) is 7.11. The van der Waals surface area contributed by atoms with Crippen molar-refractivity contribution in [3.05, 3.63) is 16.1 Å². The van der Waals surface area contributed by atoms with E-state index in [0.29, 0.717) is 23.9 Å². The number of rotatable bonds is 4. The zero-order chi connectivity index (χ0) is 11.1. The van der Waals surface area contributed by atoms with Gasteiger partial charge in [-0.05, 0) is 17.9 Å². The van der Waals surface area contributed by atoms with E-state index < -0.39 is 0 Å². The van der Waals surface area contributed by atoms with Crippen LogP contribution in [0, 0.1) is 11.3 Å². The van der Waals surface area contributed by atoms with Gasteiger partial charge in [0.1, 0.15) is 5.01 Å². The fourth-order valence-electron chi connectivity index (χ4n) is 2.43. The first-order valence-corrected chi connectivity index (χ1v) is 6.12. The van der Waals surface area contributed by atoms with Gasteiger partial charge in [0.2, 0.25) is 0 Å². The molecule has 2 rings (SSSR count). The minimum Gasteiger partial charge on any atom is -0.378 e. The number of ether oxygens (including phenoxy) is 1. The molecule has 0 aliphatic heterocycles. The number of methoxy groups -OCH3 is 1. The second-order valence-electron chi connectivity index (χ2n) is 4.74. The second-order valence-corrected chi connectivity index (χ2v) is 5.68. The van der Waals surface area contributed by atoms with Crippen molar-refractivity contribution in [2.24, 2.45) is 17.1 Å². The van der Waals surface area contributed by atoms with Crippen LogP contribution < -0.4 is 5.73 Å². The minimum absolute atomic E-state index is 0.327. The van der Waals surface area contributed by atoms with Crippen molar-refractivity contribution in [1.82, 2.24) is 4.98 Å². The van der Waals surface area contributed by atoms with Crippen molar-refractivity contribution in [3.8, 4) is 0 Å². The van der Waals surface area contributed by atoms with Crippen molar-refractivity contribution in [2.45, 2.75) is 26.4 Å². The number of nitrogens with two attached hydrogens (primary N) is 1. The number of hydrogen-bond donors (Lipinski definition) is 1. The van der Waals surface area contributed by atoms with Crippen LogP contribution in [0.1, 0.15) is 30.5 Å². The largest absolute Gasteiger partial charge is 0.378 e. The highest BCUT2D eigenvalue weighted by atomic mass is 32.1. The molecule has 1 aliphatic carbocycles. The minimum atomic E-state index is 0.327. The van der Waals surface area contributed by atoms with Gasteiger partial charge in [-0.1, -0.05) is 13.8 Å². The lowest BCUT2D eigenvalue weighted by molar-refractivity contribution is 0.184. The van der Waals surface area contributed by atoms with Crippen LogP contribution in [0.25, 0.3) is 0 Å². The highest BCUT2D eigenvalue weighted by Crippen LogP contribution is 2.63. The van der Waals surface area contributed by atoms with Crippen molar-refractivity contribution in [1.29, 1.82) is 0 Å². The van der Waals surface area contributed by atoms with E-state index in [-0.39, 0.29) is 0 Å². The van der Waals surface area contributed by atoms with Gasteiger partial charge in [-0.15, -0.1) is 11.3 Å². The first-order valence-electron chi connectivity index (χ1n) is 5.24. The van der Waals surface area contributed by atoms with Gasteiger partial charge in [-0.25, -0.2) is 4.98 Å². The molecule has 1 heterocycles. The Morgan fingerprint density at radius 3 is 2.87 bits per heavy atom. The van der Waals surface area contributed by atoms with Gasteiger partial charge in [0, 0.05) is 18.4 Å². The Kier molecular flexibility index (Phi) is 2.83. The van der Waals surface area contributed by atoms with Crippen molar-refractivity contribution in [2.75, 3.05) is 13.7 Å². The molecule has 2 atom stereocenters. The SMILES string of the molecule is COCc1nc(C2C(CN)C2(C)C)cs1. The third-order valence-electron chi connectivity index (χ3n) is 3.46. The molecule has 2 N–H and O–H groups in total. The van der Waals surface area contributed by atoms with Crippen LogP contribution in [0.5, 0.6) is 0 Å². The highest BCUT2D eigenvalue weighted by Gasteiger charge is 2.58. The Morgan fingerprint density at radius 2 is 2.33 bits per heavy atom. The van der Waals surface area contributed by atoms with Crippen LogP contribution in [-0.4, -0.2) is 18.6 Å². The molecule has 1 aliphatic rings. The van der Waals surface area contributed by atoms with Gasteiger partial charge in [0.25, 0.3) is 0 Å². The normalized spacial score (nSPS) is 28.0. The summed E-state index contributed by atoms with van der Waals surface area (Å²) in [6, 6.07) is 0. The maximum atomic E-state index is 5.75. The summed E-state index contributed by atoms with van der Waals surface area (Å²) in [5.74, 6) is 1.14. The zero-order valence-electron chi connectivity index (χ0n) is 9.49. The van der Waals surface area contributed by atoms with Crippen LogP contribution in [0.2, 0.25) is 0 Å². The number of aromatic nitrogens is 1. The average molecular weight is 226 g/mol. The van der Waals surface area contributed by atoms with E-state index in [1.54, 1.807) is 18.4 Å². The van der Waals surface area contributed by atoms with Gasteiger partial charge >= 0.3 is 0 Å². The molecule has 1 saturated carbocycles. The molecule has 2 unspecified atom stereocenters. The zero-order valence-corrected chi connectivity index (χ0v) is 10.3. The van der Waals surface area contributed by atoms with E-state index in [1.165, 1.54) is 5.69 Å². The van der Waals surface area contributed by atoms with Gasteiger partial charge in [0.15, 0.2) is 0 Å². The molecule has 1 fully saturated rings. The fourth-order valence-corrected chi connectivity index (χ4v) is 3.23. The molecule has 0 spiro atoms. The Balaban J connectivity index is 2.11. The summed E-state index contributed by atoms with van der Waals surface area (Å²) in [4.78, 5) is 4.59. The van der Waals surface area contributed by atoms with E-state index in [1.807, 2.05) is 0 Å². The van der Waals surface area contributed by atoms with Gasteiger partial charge in [0.05, 0.1) is 12.3 Å². The third-order valence-corrected chi connectivity index (χ3v) is 4.30. The Morgan fingerprint density at radius 1 is 1.60 bits per heavy atom. The molecule has 0 bridgehead atoms. The lowest BCUT2D eigenvalue weighted by Gasteiger charge is -1.98. The smallest absolute Gasteiger partial charge is 0.119 e. The summed E-state index contributed by atoms with van der Waals surface area (Å²) < 4.78 is 5.07. The molecule has 0 saturated heterocycles. The predicted molar refractivity (Wildman–Crippen MR) is 61.9 cm³/mol. The Hall–Kier alpha value is -0.450. The van der Waals surface area contributed by atoms with Crippen LogP contribution in [0.4, 0.5) is 0 Å². The van der Waals surface area contributed by atoms with E-state index >= 15 is 0 Å². The Labute approximate surface area is 94.7 Å². The van der Waals surface area contributed by atoms with E-state index in [0.717, 1.165) is 11.6 Å². The van der Waals surface area contributed by atoms with Crippen LogP contribution in [0.3, 0.4) is 0 Å². The van der Waals surface area contributed by atoms with Gasteiger partial charge < -0.3 is 10.5 Å². The van der Waals surface area contributed by atoms with Gasteiger partial charge in [-0.3, -0.25) is 0 Å². The lowest BCUT2D eigenvalue weighted by Crippen LogP contribution is -2.05. The summed E-state index contributed by atoms with van der Waals surface area (Å²) in [6.07, 6.45) is 0. The standard InChI is InChI=1S/C11H18N2OS/c1-11(2)7(4-12)10(11)8-6-15-9(13-8)5-14-3/h6-7,10H,4-5,12H2,1-3H3. The third kappa shape index (κ3) is 1.82. The molecule has 1 aromatic heterocycles. The molecular formula is C11H18N2OS. The number of nitrogens with zero attached hydrogens (tertiary/aromatic N) is 1. The topological polar surface area (TPSA) is 48.1 Å². The van der Waals surface area contributed by atoms with Crippen molar-refractivity contribution >= 4 is 11.3 Å². The molecule has 0 radical (unpaired) electrons. The summed E-state index contributed by atoms with van der Waals surface area (Å²) in [6.45, 7) is 5.91. The van der Waals surface area contributed by atoms with Crippen molar-refractivity contribution < 1.29 is 4.74 Å². The lowest BCUT2D eigenvalue weighted by atomic mass is 10.1. The molecule has 4 heteroatoms. The number of thiazole rings is 1. The summed E-state index contributed by atoms with van der Waals surface area (Å²) in [5.41, 5.74) is 7.28. The molecular weight excluding hydrogens is 208 g/mol.